The molecule has 136 valence electrons. The number of amides is 2. The van der Waals surface area contributed by atoms with E-state index >= 15 is 0 Å². The van der Waals surface area contributed by atoms with Gasteiger partial charge in [0.2, 0.25) is 0 Å². The van der Waals surface area contributed by atoms with Crippen LogP contribution in [0.1, 0.15) is 18.5 Å². The van der Waals surface area contributed by atoms with Crippen molar-refractivity contribution in [3.05, 3.63) is 35.0 Å². The van der Waals surface area contributed by atoms with Gasteiger partial charge in [-0.15, -0.1) is 0 Å². The minimum atomic E-state index is -0.687. The smallest absolute Gasteiger partial charge is 0.338 e. The van der Waals surface area contributed by atoms with Gasteiger partial charge in [-0.2, -0.15) is 0 Å². The molecule has 1 atom stereocenters. The molecule has 0 bridgehead atoms. The molecular formula is C17H22N2O6. The van der Waals surface area contributed by atoms with E-state index in [2.05, 4.69) is 10.6 Å². The first kappa shape index (κ1) is 18.6. The minimum Gasteiger partial charge on any atom is -0.497 e. The minimum absolute atomic E-state index is 0.119. The Morgan fingerprint density at radius 1 is 1.08 bits per heavy atom. The Morgan fingerprint density at radius 3 is 2.28 bits per heavy atom. The standard InChI is InChI=1S/C17H22N2O6/c1-10-14(16(20)25-6-5-22-2)15(19-17(21)18-10)11-7-12(23-3)9-13(8-11)24-4/h7-9,15H,5-6H2,1-4H3,(H2,18,19,21). The molecule has 25 heavy (non-hydrogen) atoms. The van der Waals surface area contributed by atoms with Crippen molar-refractivity contribution >= 4 is 12.0 Å². The van der Waals surface area contributed by atoms with Crippen LogP contribution in [0.5, 0.6) is 11.5 Å². The molecule has 0 fully saturated rings. The predicted octanol–water partition coefficient (Wildman–Crippen LogP) is 1.52. The summed E-state index contributed by atoms with van der Waals surface area (Å²) >= 11 is 0. The lowest BCUT2D eigenvalue weighted by atomic mass is 9.95. The fraction of sp³-hybridized carbons (Fsp3) is 0.412. The van der Waals surface area contributed by atoms with Crippen LogP contribution in [0.3, 0.4) is 0 Å². The van der Waals surface area contributed by atoms with Crippen LogP contribution >= 0.6 is 0 Å². The van der Waals surface area contributed by atoms with Crippen LogP contribution < -0.4 is 20.1 Å². The normalized spacial score (nSPS) is 16.8. The molecule has 0 saturated heterocycles. The van der Waals surface area contributed by atoms with E-state index in [1.807, 2.05) is 0 Å². The number of ether oxygens (including phenoxy) is 4. The summed E-state index contributed by atoms with van der Waals surface area (Å²) in [5, 5.41) is 5.33. The molecule has 1 heterocycles. The molecule has 0 spiro atoms. The zero-order valence-electron chi connectivity index (χ0n) is 14.7. The third kappa shape index (κ3) is 4.42. The van der Waals surface area contributed by atoms with Crippen LogP contribution in [-0.2, 0) is 14.3 Å². The molecule has 2 rings (SSSR count). The van der Waals surface area contributed by atoms with E-state index in [4.69, 9.17) is 18.9 Å². The van der Waals surface area contributed by atoms with Crippen molar-refractivity contribution in [3.8, 4) is 11.5 Å². The average Bonchev–Trinajstić information content (AvgIpc) is 2.60. The highest BCUT2D eigenvalue weighted by atomic mass is 16.6. The van der Waals surface area contributed by atoms with E-state index in [-0.39, 0.29) is 13.2 Å². The second-order valence-corrected chi connectivity index (χ2v) is 5.34. The maximum atomic E-state index is 12.5. The van der Waals surface area contributed by atoms with Gasteiger partial charge in [0.25, 0.3) is 0 Å². The molecule has 1 aliphatic heterocycles. The fourth-order valence-corrected chi connectivity index (χ4v) is 2.51. The highest BCUT2D eigenvalue weighted by molar-refractivity contribution is 5.95. The number of hydrogen-bond donors (Lipinski definition) is 2. The molecule has 1 aromatic rings. The summed E-state index contributed by atoms with van der Waals surface area (Å²) in [5.74, 6) is 0.563. The Hall–Kier alpha value is -2.74. The average molecular weight is 350 g/mol. The number of urea groups is 1. The summed E-state index contributed by atoms with van der Waals surface area (Å²) in [4.78, 5) is 24.4. The SMILES string of the molecule is COCCOC(=O)C1=C(C)NC(=O)NC1c1cc(OC)cc(OC)c1. The molecule has 0 radical (unpaired) electrons. The van der Waals surface area contributed by atoms with Gasteiger partial charge in [0, 0.05) is 18.9 Å². The first-order valence-electron chi connectivity index (χ1n) is 7.67. The maximum absolute atomic E-state index is 12.5. The van der Waals surface area contributed by atoms with Gasteiger partial charge < -0.3 is 29.6 Å². The quantitative estimate of drug-likeness (QED) is 0.572. The van der Waals surface area contributed by atoms with Gasteiger partial charge in [-0.3, -0.25) is 0 Å². The van der Waals surface area contributed by atoms with Crippen molar-refractivity contribution in [2.75, 3.05) is 34.5 Å². The fourth-order valence-electron chi connectivity index (χ4n) is 2.51. The van der Waals surface area contributed by atoms with Crippen molar-refractivity contribution in [2.45, 2.75) is 13.0 Å². The van der Waals surface area contributed by atoms with E-state index in [1.165, 1.54) is 21.3 Å². The van der Waals surface area contributed by atoms with Crippen LogP contribution in [-0.4, -0.2) is 46.5 Å². The van der Waals surface area contributed by atoms with Gasteiger partial charge in [0.05, 0.1) is 32.4 Å². The Bertz CT molecular complexity index is 663. The van der Waals surface area contributed by atoms with E-state index in [0.717, 1.165) is 0 Å². The van der Waals surface area contributed by atoms with E-state index in [0.29, 0.717) is 28.3 Å². The summed E-state index contributed by atoms with van der Waals surface area (Å²) in [7, 11) is 4.58. The number of rotatable bonds is 7. The lowest BCUT2D eigenvalue weighted by Crippen LogP contribution is -2.45. The summed E-state index contributed by atoms with van der Waals surface area (Å²) in [5.41, 5.74) is 1.38. The lowest BCUT2D eigenvalue weighted by Gasteiger charge is -2.28. The summed E-state index contributed by atoms with van der Waals surface area (Å²) in [6.07, 6.45) is 0. The second-order valence-electron chi connectivity index (χ2n) is 5.34. The van der Waals surface area contributed by atoms with Crippen LogP contribution in [0.15, 0.2) is 29.5 Å². The summed E-state index contributed by atoms with van der Waals surface area (Å²) in [6, 6.07) is 4.08. The highest BCUT2D eigenvalue weighted by Crippen LogP contribution is 2.32. The zero-order chi connectivity index (χ0) is 18.4. The van der Waals surface area contributed by atoms with Gasteiger partial charge in [-0.1, -0.05) is 0 Å². The first-order valence-corrected chi connectivity index (χ1v) is 7.67. The van der Waals surface area contributed by atoms with E-state index in [1.54, 1.807) is 25.1 Å². The summed E-state index contributed by atoms with van der Waals surface area (Å²) in [6.45, 7) is 2.06. The van der Waals surface area contributed by atoms with Gasteiger partial charge >= 0.3 is 12.0 Å². The Kier molecular flexibility index (Phi) is 6.24. The molecule has 0 saturated carbocycles. The van der Waals surface area contributed by atoms with Gasteiger partial charge in [-0.05, 0) is 24.6 Å². The third-order valence-corrected chi connectivity index (χ3v) is 3.72. The molecule has 1 aliphatic rings. The van der Waals surface area contributed by atoms with Gasteiger partial charge in [-0.25, -0.2) is 9.59 Å². The van der Waals surface area contributed by atoms with E-state index < -0.39 is 18.0 Å². The van der Waals surface area contributed by atoms with Gasteiger partial charge in [0.1, 0.15) is 18.1 Å². The van der Waals surface area contributed by atoms with Crippen molar-refractivity contribution in [2.24, 2.45) is 0 Å². The molecule has 1 aromatic carbocycles. The lowest BCUT2D eigenvalue weighted by molar-refractivity contribution is -0.140. The Balaban J connectivity index is 2.40. The van der Waals surface area contributed by atoms with Crippen molar-refractivity contribution in [1.29, 1.82) is 0 Å². The second kappa shape index (κ2) is 8.39. The molecule has 8 nitrogen and oxygen atoms in total. The van der Waals surface area contributed by atoms with Gasteiger partial charge in [0.15, 0.2) is 0 Å². The number of nitrogens with one attached hydrogen (secondary N) is 2. The topological polar surface area (TPSA) is 95.1 Å². The highest BCUT2D eigenvalue weighted by Gasteiger charge is 2.32. The number of benzene rings is 1. The number of methoxy groups -OCH3 is 3. The van der Waals surface area contributed by atoms with Crippen LogP contribution in [0, 0.1) is 0 Å². The monoisotopic (exact) mass is 350 g/mol. The molecular weight excluding hydrogens is 328 g/mol. The van der Waals surface area contributed by atoms with Crippen LogP contribution in [0.2, 0.25) is 0 Å². The number of carbonyl (C=O) groups excluding carboxylic acids is 2. The number of esters is 1. The van der Waals surface area contributed by atoms with Crippen molar-refractivity contribution in [1.82, 2.24) is 10.6 Å². The number of allylic oxidation sites excluding steroid dienone is 1. The molecule has 8 heteroatoms. The van der Waals surface area contributed by atoms with Crippen molar-refractivity contribution in [3.63, 3.8) is 0 Å². The zero-order valence-corrected chi connectivity index (χ0v) is 14.7. The molecule has 2 N–H and O–H groups in total. The Labute approximate surface area is 146 Å². The Morgan fingerprint density at radius 2 is 1.72 bits per heavy atom. The third-order valence-electron chi connectivity index (χ3n) is 3.72. The first-order chi connectivity index (χ1) is 12.0. The molecule has 0 aliphatic carbocycles. The molecule has 1 unspecified atom stereocenters. The predicted molar refractivity (Wildman–Crippen MR) is 89.5 cm³/mol. The largest absolute Gasteiger partial charge is 0.497 e. The molecule has 0 aromatic heterocycles. The number of carbonyl (C=O) groups is 2. The van der Waals surface area contributed by atoms with Crippen molar-refractivity contribution < 1.29 is 28.5 Å². The van der Waals surface area contributed by atoms with Crippen LogP contribution in [0.25, 0.3) is 0 Å². The number of hydrogen-bond acceptors (Lipinski definition) is 6. The molecule has 2 amide bonds. The maximum Gasteiger partial charge on any atom is 0.338 e. The van der Waals surface area contributed by atoms with E-state index in [9.17, 15) is 9.59 Å². The van der Waals surface area contributed by atoms with Crippen LogP contribution in [0.4, 0.5) is 4.79 Å². The summed E-state index contributed by atoms with van der Waals surface area (Å²) < 4.78 is 20.6.